The van der Waals surface area contributed by atoms with Crippen molar-refractivity contribution in [3.8, 4) is 5.75 Å². The Morgan fingerprint density at radius 1 is 0.738 bits per heavy atom. The monoisotopic (exact) mass is 612 g/mol. The van der Waals surface area contributed by atoms with Gasteiger partial charge in [-0.3, -0.25) is 43.6 Å². The molecule has 1 heterocycles. The molecule has 0 aliphatic carbocycles. The molecule has 1 aromatic rings. The normalized spacial score (nSPS) is 17.3. The van der Waals surface area contributed by atoms with E-state index < -0.39 is 29.9 Å². The maximum atomic E-state index is 13.1. The van der Waals surface area contributed by atoms with Crippen molar-refractivity contribution in [1.82, 2.24) is 30.2 Å². The summed E-state index contributed by atoms with van der Waals surface area (Å²) >= 11 is 0. The van der Waals surface area contributed by atoms with Crippen LogP contribution in [0.4, 0.5) is 0 Å². The first-order chi connectivity index (χ1) is 20.0. The van der Waals surface area contributed by atoms with Gasteiger partial charge in [0.1, 0.15) is 11.8 Å². The molecule has 234 valence electrons. The van der Waals surface area contributed by atoms with Gasteiger partial charge in [-0.1, -0.05) is 12.1 Å². The van der Waals surface area contributed by atoms with E-state index in [1.54, 1.807) is 43.9 Å². The summed E-state index contributed by atoms with van der Waals surface area (Å²) < 4.78 is 5.08. The lowest BCUT2D eigenvalue weighted by molar-refractivity contribution is -0.140. The summed E-state index contributed by atoms with van der Waals surface area (Å²) in [6.45, 7) is 1.38. The van der Waals surface area contributed by atoms with Gasteiger partial charge in [0, 0.05) is 65.8 Å². The molecular formula is C26H41N6O9P. The van der Waals surface area contributed by atoms with Crippen LogP contribution in [0.15, 0.2) is 24.3 Å². The van der Waals surface area contributed by atoms with Crippen molar-refractivity contribution in [3.63, 3.8) is 0 Å². The molecule has 42 heavy (non-hydrogen) atoms. The van der Waals surface area contributed by atoms with Crippen LogP contribution < -0.4 is 15.2 Å². The van der Waals surface area contributed by atoms with Gasteiger partial charge >= 0.3 is 17.9 Å². The average molecular weight is 613 g/mol. The van der Waals surface area contributed by atoms with Gasteiger partial charge in [0.25, 0.3) is 0 Å². The number of benzene rings is 1. The van der Waals surface area contributed by atoms with Gasteiger partial charge in [-0.25, -0.2) is 0 Å². The topological polar surface area (TPSA) is 192 Å². The molecule has 0 bridgehead atoms. The molecule has 5 N–H and O–H groups in total. The lowest BCUT2D eigenvalue weighted by atomic mass is 10.0. The van der Waals surface area contributed by atoms with E-state index in [4.69, 9.17) is 4.52 Å². The molecule has 1 saturated heterocycles. The number of carbonyl (C=O) groups is 5. The van der Waals surface area contributed by atoms with Gasteiger partial charge in [-0.05, 0) is 17.7 Å². The number of nitrogens with one attached hydrogen (secondary N) is 2. The molecule has 0 aromatic heterocycles. The number of amides is 2. The third-order valence-corrected chi connectivity index (χ3v) is 7.04. The molecule has 2 atom stereocenters. The van der Waals surface area contributed by atoms with Crippen LogP contribution in [-0.2, 0) is 30.4 Å². The molecule has 2 unspecified atom stereocenters. The van der Waals surface area contributed by atoms with Gasteiger partial charge < -0.3 is 30.5 Å². The molecule has 0 radical (unpaired) electrons. The first kappa shape index (κ1) is 34.8. The fourth-order valence-corrected chi connectivity index (χ4v) is 4.71. The molecule has 1 aromatic carbocycles. The van der Waals surface area contributed by atoms with Crippen LogP contribution in [-0.4, -0.2) is 156 Å². The molecule has 16 heteroatoms. The molecular weight excluding hydrogens is 571 g/mol. The summed E-state index contributed by atoms with van der Waals surface area (Å²) in [5.74, 6) is -3.25. The van der Waals surface area contributed by atoms with Crippen LogP contribution in [0.2, 0.25) is 0 Å². The maximum Gasteiger partial charge on any atom is 0.317 e. The van der Waals surface area contributed by atoms with Crippen molar-refractivity contribution >= 4 is 39.2 Å². The first-order valence-electron chi connectivity index (χ1n) is 13.5. The molecule has 1 aliphatic heterocycles. The number of rotatable bonds is 13. The Kier molecular flexibility index (Phi) is 15.1. The van der Waals surface area contributed by atoms with Gasteiger partial charge in [0.05, 0.1) is 35.6 Å². The quantitative estimate of drug-likeness (QED) is 0.155. The van der Waals surface area contributed by atoms with E-state index in [1.807, 2.05) is 0 Å². The van der Waals surface area contributed by atoms with Gasteiger partial charge in [0.2, 0.25) is 11.8 Å². The number of carboxylic acids is 3. The fourth-order valence-electron chi connectivity index (χ4n) is 4.55. The third kappa shape index (κ3) is 13.5. The van der Waals surface area contributed by atoms with Gasteiger partial charge in [-0.2, -0.15) is 0 Å². The minimum atomic E-state index is -1.03. The molecule has 1 fully saturated rings. The number of hydrogen-bond donors (Lipinski definition) is 5. The zero-order valence-corrected chi connectivity index (χ0v) is 24.9. The summed E-state index contributed by atoms with van der Waals surface area (Å²) in [4.78, 5) is 66.8. The number of carbonyl (C=O) groups excluding carboxylic acids is 2. The molecule has 0 saturated carbocycles. The summed E-state index contributed by atoms with van der Waals surface area (Å²) in [7, 11) is 3.63. The van der Waals surface area contributed by atoms with Crippen molar-refractivity contribution in [2.24, 2.45) is 0 Å². The SMILES string of the molecule is CNC(=O)C(Cc1ccc(OP)cc1)NC(=O)CN1CCN(CC(=O)O)CCN(CC(=O)O)CCN(CC(=O)O)CC1. The Morgan fingerprint density at radius 2 is 1.12 bits per heavy atom. The third-order valence-electron chi connectivity index (χ3n) is 6.77. The number of likely N-dealkylation sites (N-methyl/N-ethyl adjacent to an activating group) is 1. The molecule has 2 rings (SSSR count). The smallest absolute Gasteiger partial charge is 0.317 e. The lowest BCUT2D eigenvalue weighted by Crippen LogP contribution is -2.52. The molecule has 0 spiro atoms. The predicted molar refractivity (Wildman–Crippen MR) is 155 cm³/mol. The highest BCUT2D eigenvalue weighted by Crippen LogP contribution is 2.15. The van der Waals surface area contributed by atoms with Crippen LogP contribution >= 0.6 is 9.47 Å². The minimum absolute atomic E-state index is 0.0969. The summed E-state index contributed by atoms with van der Waals surface area (Å²) in [5, 5.41) is 33.4. The average Bonchev–Trinajstić information content (AvgIpc) is 2.93. The van der Waals surface area contributed by atoms with E-state index in [1.165, 1.54) is 7.05 Å². The number of hydrogen-bond acceptors (Lipinski definition) is 10. The van der Waals surface area contributed by atoms with Crippen LogP contribution in [0, 0.1) is 0 Å². The van der Waals surface area contributed by atoms with Crippen LogP contribution in [0.1, 0.15) is 5.56 Å². The molecule has 15 nitrogen and oxygen atoms in total. The lowest BCUT2D eigenvalue weighted by Gasteiger charge is -2.33. The van der Waals surface area contributed by atoms with Crippen molar-refractivity contribution in [2.45, 2.75) is 12.5 Å². The van der Waals surface area contributed by atoms with Crippen LogP contribution in [0.25, 0.3) is 0 Å². The number of aliphatic carboxylic acids is 3. The van der Waals surface area contributed by atoms with E-state index in [9.17, 15) is 39.3 Å². The second-order valence-corrected chi connectivity index (χ2v) is 10.2. The fraction of sp³-hybridized carbons (Fsp3) is 0.577. The Balaban J connectivity index is 2.16. The Labute approximate surface area is 247 Å². The van der Waals surface area contributed by atoms with E-state index >= 15 is 0 Å². The Bertz CT molecular complexity index is 1030. The number of nitrogens with zero attached hydrogens (tertiary/aromatic N) is 4. The standard InChI is InChI=1S/C26H41N6O9P/c1-27-26(40)21(14-19-2-4-20(41-42)5-3-19)28-22(33)15-29-6-8-30(16-23(34)35)10-12-32(18-25(38)39)13-11-31(9-7-29)17-24(36)37/h2-5,21H,6-18,42H2,1H3,(H,27,40)(H,28,33)(H,34,35)(H,36,37)(H,38,39). The second-order valence-electron chi connectivity index (χ2n) is 9.99. The zero-order valence-electron chi connectivity index (χ0n) is 23.7. The largest absolute Gasteiger partial charge is 0.480 e. The van der Waals surface area contributed by atoms with E-state index in [0.29, 0.717) is 18.8 Å². The van der Waals surface area contributed by atoms with E-state index in [-0.39, 0.29) is 77.8 Å². The molecule has 2 amide bonds. The minimum Gasteiger partial charge on any atom is -0.480 e. The summed E-state index contributed by atoms with van der Waals surface area (Å²) in [6.07, 6.45) is 0.244. The summed E-state index contributed by atoms with van der Waals surface area (Å²) in [5.41, 5.74) is 0.812. The van der Waals surface area contributed by atoms with Crippen molar-refractivity contribution in [1.29, 1.82) is 0 Å². The van der Waals surface area contributed by atoms with Gasteiger partial charge in [0.15, 0.2) is 0 Å². The zero-order chi connectivity index (χ0) is 31.1. The van der Waals surface area contributed by atoms with Crippen LogP contribution in [0.3, 0.4) is 0 Å². The predicted octanol–water partition coefficient (Wildman–Crippen LogP) is -1.90. The first-order valence-corrected chi connectivity index (χ1v) is 14.0. The Morgan fingerprint density at radius 3 is 1.45 bits per heavy atom. The molecule has 1 aliphatic rings. The van der Waals surface area contributed by atoms with E-state index in [2.05, 4.69) is 20.1 Å². The maximum absolute atomic E-state index is 13.1. The number of carboxylic acid groups (broad SMARTS) is 3. The highest BCUT2D eigenvalue weighted by Gasteiger charge is 2.24. The highest BCUT2D eigenvalue weighted by molar-refractivity contribution is 7.10. The van der Waals surface area contributed by atoms with E-state index in [0.717, 1.165) is 5.56 Å². The van der Waals surface area contributed by atoms with Crippen molar-refractivity contribution in [2.75, 3.05) is 85.6 Å². The van der Waals surface area contributed by atoms with Gasteiger partial charge in [-0.15, -0.1) is 0 Å². The highest BCUT2D eigenvalue weighted by atomic mass is 31.0. The Hall–Kier alpha value is -3.36. The van der Waals surface area contributed by atoms with Crippen molar-refractivity contribution in [3.05, 3.63) is 29.8 Å². The van der Waals surface area contributed by atoms with Crippen LogP contribution in [0.5, 0.6) is 5.75 Å². The van der Waals surface area contributed by atoms with Crippen molar-refractivity contribution < 1.29 is 43.8 Å². The second kappa shape index (κ2) is 18.2. The summed E-state index contributed by atoms with van der Waals surface area (Å²) in [6, 6.07) is 6.24.